The maximum Gasteiger partial charge on any atom is 0.216 e. The molecule has 7 nitrogen and oxygen atoms in total. The lowest BCUT2D eigenvalue weighted by Gasteiger charge is -2.41. The molecule has 0 spiro atoms. The minimum atomic E-state index is -0.501. The summed E-state index contributed by atoms with van der Waals surface area (Å²) in [5.74, 6) is 0.928. The van der Waals surface area contributed by atoms with E-state index in [4.69, 9.17) is 16.6 Å². The number of aliphatic hydroxyl groups excluding tert-OH is 1. The zero-order valence-electron chi connectivity index (χ0n) is 14.9. The third-order valence-corrected chi connectivity index (χ3v) is 5.27. The summed E-state index contributed by atoms with van der Waals surface area (Å²) in [5, 5.41) is 13.0. The average Bonchev–Trinajstić information content (AvgIpc) is 3.08. The standard InChI is InChI=1S/C19H18ClFN6O/c20-12-5-6-13(14(21)9-12)17-24-18-22-10-25(7-8-28)11-26(18)19-23-15-3-1-2-4-16(15)27(17)19/h1-6,9,17,28H,7-8,10-11H2,(H,22,24)/t17-/m0/s1. The number of halogens is 2. The number of nitrogens with zero attached hydrogens (tertiary/aromatic N) is 5. The van der Waals surface area contributed by atoms with Gasteiger partial charge in [0.15, 0.2) is 0 Å². The SMILES string of the molecule is OCCN1CN=C2N[C@H](c3ccc(Cl)cc3F)n3c(nc4ccccc43)N2C1. The number of nitrogens with one attached hydrogen (secondary N) is 1. The highest BCUT2D eigenvalue weighted by Gasteiger charge is 2.36. The number of guanidine groups is 1. The summed E-state index contributed by atoms with van der Waals surface area (Å²) < 4.78 is 16.7. The van der Waals surface area contributed by atoms with Gasteiger partial charge in [-0.15, -0.1) is 0 Å². The van der Waals surface area contributed by atoms with E-state index in [0.29, 0.717) is 42.4 Å². The van der Waals surface area contributed by atoms with Gasteiger partial charge in [-0.1, -0.05) is 29.8 Å². The largest absolute Gasteiger partial charge is 0.395 e. The van der Waals surface area contributed by atoms with E-state index in [0.717, 1.165) is 11.0 Å². The quantitative estimate of drug-likeness (QED) is 0.706. The second-order valence-electron chi connectivity index (χ2n) is 6.79. The van der Waals surface area contributed by atoms with Gasteiger partial charge in [-0.3, -0.25) is 14.4 Å². The fraction of sp³-hybridized carbons (Fsp3) is 0.263. The number of anilines is 1. The van der Waals surface area contributed by atoms with Crippen molar-refractivity contribution in [2.75, 3.05) is 31.4 Å². The molecule has 2 aromatic carbocycles. The Morgan fingerprint density at radius 1 is 1.25 bits per heavy atom. The minimum Gasteiger partial charge on any atom is -0.395 e. The van der Waals surface area contributed by atoms with Crippen molar-refractivity contribution in [1.82, 2.24) is 19.8 Å². The molecule has 9 heteroatoms. The molecule has 3 heterocycles. The van der Waals surface area contributed by atoms with E-state index in [1.807, 2.05) is 38.6 Å². The molecule has 0 radical (unpaired) electrons. The van der Waals surface area contributed by atoms with Crippen molar-refractivity contribution in [3.8, 4) is 0 Å². The Balaban J connectivity index is 1.69. The van der Waals surface area contributed by atoms with E-state index in [2.05, 4.69) is 10.3 Å². The Morgan fingerprint density at radius 3 is 2.93 bits per heavy atom. The fourth-order valence-electron chi connectivity index (χ4n) is 3.73. The normalized spacial score (nSPS) is 19.2. The number of rotatable bonds is 3. The molecule has 0 unspecified atom stereocenters. The predicted octanol–water partition coefficient (Wildman–Crippen LogP) is 2.36. The van der Waals surface area contributed by atoms with Crippen molar-refractivity contribution < 1.29 is 9.50 Å². The zero-order valence-corrected chi connectivity index (χ0v) is 15.6. The van der Waals surface area contributed by atoms with Crippen LogP contribution in [0.4, 0.5) is 10.3 Å². The molecule has 2 aliphatic rings. The van der Waals surface area contributed by atoms with Crippen LogP contribution in [-0.4, -0.2) is 52.0 Å². The molecule has 1 aromatic heterocycles. The van der Waals surface area contributed by atoms with E-state index in [-0.39, 0.29) is 12.4 Å². The first-order chi connectivity index (χ1) is 13.7. The van der Waals surface area contributed by atoms with Crippen molar-refractivity contribution in [1.29, 1.82) is 0 Å². The number of para-hydroxylation sites is 2. The third-order valence-electron chi connectivity index (χ3n) is 5.03. The number of hydrogen-bond acceptors (Lipinski definition) is 6. The molecule has 0 amide bonds. The van der Waals surface area contributed by atoms with Gasteiger partial charge in [0.25, 0.3) is 0 Å². The monoisotopic (exact) mass is 400 g/mol. The Hall–Kier alpha value is -2.68. The number of benzene rings is 2. The van der Waals surface area contributed by atoms with Gasteiger partial charge in [0.2, 0.25) is 11.9 Å². The average molecular weight is 401 g/mol. The second-order valence-corrected chi connectivity index (χ2v) is 7.23. The Labute approximate surface area is 165 Å². The maximum absolute atomic E-state index is 14.8. The van der Waals surface area contributed by atoms with Crippen molar-refractivity contribution in [2.24, 2.45) is 4.99 Å². The molecule has 0 aliphatic carbocycles. The van der Waals surface area contributed by atoms with Gasteiger partial charge >= 0.3 is 0 Å². The van der Waals surface area contributed by atoms with Crippen LogP contribution in [0.2, 0.25) is 5.02 Å². The van der Waals surface area contributed by atoms with Crippen LogP contribution in [0.25, 0.3) is 11.0 Å². The Kier molecular flexibility index (Phi) is 4.19. The van der Waals surface area contributed by atoms with Crippen LogP contribution in [0.5, 0.6) is 0 Å². The molecule has 5 rings (SSSR count). The molecule has 28 heavy (non-hydrogen) atoms. The van der Waals surface area contributed by atoms with Crippen LogP contribution in [0.15, 0.2) is 47.5 Å². The number of aromatic nitrogens is 2. The van der Waals surface area contributed by atoms with E-state index in [9.17, 15) is 9.50 Å². The first-order valence-electron chi connectivity index (χ1n) is 8.99. The van der Waals surface area contributed by atoms with Gasteiger partial charge in [0.1, 0.15) is 12.0 Å². The molecular formula is C19H18ClFN6O. The molecule has 0 saturated carbocycles. The predicted molar refractivity (Wildman–Crippen MR) is 106 cm³/mol. The summed E-state index contributed by atoms with van der Waals surface area (Å²) in [7, 11) is 0. The second kappa shape index (κ2) is 6.73. The van der Waals surface area contributed by atoms with Gasteiger partial charge in [0, 0.05) is 17.1 Å². The van der Waals surface area contributed by atoms with Crippen LogP contribution in [-0.2, 0) is 0 Å². The third kappa shape index (κ3) is 2.72. The summed E-state index contributed by atoms with van der Waals surface area (Å²) in [6.07, 6.45) is -0.501. The van der Waals surface area contributed by atoms with Gasteiger partial charge < -0.3 is 10.4 Å². The molecule has 0 bridgehead atoms. The van der Waals surface area contributed by atoms with Gasteiger partial charge in [-0.2, -0.15) is 0 Å². The molecule has 1 atom stereocenters. The number of aliphatic hydroxyl groups is 1. The van der Waals surface area contributed by atoms with Crippen molar-refractivity contribution >= 4 is 34.5 Å². The van der Waals surface area contributed by atoms with E-state index in [1.165, 1.54) is 6.07 Å². The van der Waals surface area contributed by atoms with E-state index < -0.39 is 6.17 Å². The molecular weight excluding hydrogens is 383 g/mol. The van der Waals surface area contributed by atoms with Gasteiger partial charge in [0.05, 0.1) is 31.0 Å². The summed E-state index contributed by atoms with van der Waals surface area (Å²) in [6, 6.07) is 12.4. The topological polar surface area (TPSA) is 68.9 Å². The number of hydrogen-bond donors (Lipinski definition) is 2. The highest BCUT2D eigenvalue weighted by atomic mass is 35.5. The van der Waals surface area contributed by atoms with Crippen LogP contribution >= 0.6 is 11.6 Å². The summed E-state index contributed by atoms with van der Waals surface area (Å²) >= 11 is 5.95. The Morgan fingerprint density at radius 2 is 2.11 bits per heavy atom. The van der Waals surface area contributed by atoms with Crippen molar-refractivity contribution in [3.63, 3.8) is 0 Å². The highest BCUT2D eigenvalue weighted by Crippen LogP contribution is 2.35. The Bertz CT molecular complexity index is 1080. The number of fused-ring (bicyclic) bond motifs is 5. The lowest BCUT2D eigenvalue weighted by Crippen LogP contribution is -2.57. The maximum atomic E-state index is 14.8. The van der Waals surface area contributed by atoms with E-state index >= 15 is 0 Å². The fourth-order valence-corrected chi connectivity index (χ4v) is 3.89. The summed E-state index contributed by atoms with van der Waals surface area (Å²) in [5.41, 5.74) is 2.18. The number of imidazole rings is 1. The molecule has 0 fully saturated rings. The lowest BCUT2D eigenvalue weighted by molar-refractivity contribution is 0.195. The molecule has 3 aromatic rings. The smallest absolute Gasteiger partial charge is 0.216 e. The van der Waals surface area contributed by atoms with Crippen LogP contribution in [0, 0.1) is 5.82 Å². The van der Waals surface area contributed by atoms with Crippen LogP contribution in [0.1, 0.15) is 11.7 Å². The summed E-state index contributed by atoms with van der Waals surface area (Å²) in [6.45, 7) is 1.56. The number of aliphatic imine (C=N–C) groups is 1. The highest BCUT2D eigenvalue weighted by molar-refractivity contribution is 6.30. The van der Waals surface area contributed by atoms with Gasteiger partial charge in [-0.05, 0) is 24.3 Å². The van der Waals surface area contributed by atoms with Gasteiger partial charge in [-0.25, -0.2) is 14.4 Å². The minimum absolute atomic E-state index is 0.0567. The molecule has 0 saturated heterocycles. The van der Waals surface area contributed by atoms with Crippen molar-refractivity contribution in [3.05, 3.63) is 58.9 Å². The molecule has 2 aliphatic heterocycles. The number of β-amino-alcohol motifs (C(OH)–C–C–N with tert-alkyl or cyclic N) is 1. The first-order valence-corrected chi connectivity index (χ1v) is 9.37. The lowest BCUT2D eigenvalue weighted by atomic mass is 10.1. The molecule has 2 N–H and O–H groups in total. The zero-order chi connectivity index (χ0) is 19.3. The van der Waals surface area contributed by atoms with Crippen LogP contribution in [0.3, 0.4) is 0 Å². The van der Waals surface area contributed by atoms with Crippen molar-refractivity contribution in [2.45, 2.75) is 6.17 Å². The molecule has 144 valence electrons. The van der Waals surface area contributed by atoms with E-state index in [1.54, 1.807) is 12.1 Å². The van der Waals surface area contributed by atoms with Crippen LogP contribution < -0.4 is 10.2 Å². The summed E-state index contributed by atoms with van der Waals surface area (Å²) in [4.78, 5) is 13.3. The first kappa shape index (κ1) is 17.4.